The molecule has 1 heterocycles. The van der Waals surface area contributed by atoms with Gasteiger partial charge in [0.15, 0.2) is 0 Å². The first-order chi connectivity index (χ1) is 7.31. The molecular weight excluding hydrogens is 184 g/mol. The summed E-state index contributed by atoms with van der Waals surface area (Å²) in [6.45, 7) is 6.76. The maximum absolute atomic E-state index is 3.76. The molecule has 1 aromatic carbocycles. The van der Waals surface area contributed by atoms with Crippen molar-refractivity contribution in [1.82, 2.24) is 4.90 Å². The van der Waals surface area contributed by atoms with Gasteiger partial charge in [-0.25, -0.2) is 0 Å². The second kappa shape index (κ2) is 4.49. The number of nitrogens with one attached hydrogen (secondary N) is 1. The molecule has 0 radical (unpaired) electrons. The zero-order chi connectivity index (χ0) is 10.7. The first-order valence-corrected chi connectivity index (χ1v) is 5.45. The third-order valence-corrected chi connectivity index (χ3v) is 2.81. The van der Waals surface area contributed by atoms with Crippen LogP contribution in [0.25, 0.3) is 0 Å². The number of para-hydroxylation sites is 1. The number of nitrogens with zero attached hydrogens (tertiary/aromatic N) is 1. The smallest absolute Gasteiger partial charge is 0.0419 e. The Labute approximate surface area is 91.6 Å². The van der Waals surface area contributed by atoms with Crippen molar-refractivity contribution < 1.29 is 0 Å². The topological polar surface area (TPSA) is 15.3 Å². The van der Waals surface area contributed by atoms with Crippen LogP contribution in [0.3, 0.4) is 0 Å². The second-order valence-electron chi connectivity index (χ2n) is 4.11. The number of benzene rings is 1. The summed E-state index contributed by atoms with van der Waals surface area (Å²) in [7, 11) is 2.12. The monoisotopic (exact) mass is 202 g/mol. The molecule has 0 unspecified atom stereocenters. The van der Waals surface area contributed by atoms with Crippen molar-refractivity contribution in [2.24, 2.45) is 0 Å². The average Bonchev–Trinajstić information content (AvgIpc) is 2.67. The van der Waals surface area contributed by atoms with Gasteiger partial charge in [0.1, 0.15) is 0 Å². The molecule has 2 heteroatoms. The molecule has 0 bridgehead atoms. The molecule has 0 saturated heterocycles. The van der Waals surface area contributed by atoms with Crippen molar-refractivity contribution in [1.29, 1.82) is 0 Å². The molecular formula is C13H18N2. The van der Waals surface area contributed by atoms with Gasteiger partial charge in [0.2, 0.25) is 0 Å². The van der Waals surface area contributed by atoms with E-state index in [0.29, 0.717) is 0 Å². The SMILES string of the molecule is C=CCN(C)Cc1cccc2c1NCC2. The van der Waals surface area contributed by atoms with Crippen molar-refractivity contribution in [2.45, 2.75) is 13.0 Å². The summed E-state index contributed by atoms with van der Waals surface area (Å²) in [6, 6.07) is 6.58. The zero-order valence-corrected chi connectivity index (χ0v) is 9.29. The van der Waals surface area contributed by atoms with E-state index in [4.69, 9.17) is 0 Å². The first-order valence-electron chi connectivity index (χ1n) is 5.45. The van der Waals surface area contributed by atoms with Gasteiger partial charge < -0.3 is 5.32 Å². The first kappa shape index (κ1) is 10.2. The van der Waals surface area contributed by atoms with Gasteiger partial charge in [0, 0.05) is 25.3 Å². The van der Waals surface area contributed by atoms with E-state index >= 15 is 0 Å². The highest BCUT2D eigenvalue weighted by atomic mass is 15.1. The maximum atomic E-state index is 3.76. The largest absolute Gasteiger partial charge is 0.384 e. The molecule has 1 aliphatic heterocycles. The van der Waals surface area contributed by atoms with Crippen molar-refractivity contribution in [3.63, 3.8) is 0 Å². The number of hydrogen-bond acceptors (Lipinski definition) is 2. The van der Waals surface area contributed by atoms with Crippen LogP contribution in [0.1, 0.15) is 11.1 Å². The van der Waals surface area contributed by atoms with Crippen LogP contribution >= 0.6 is 0 Å². The van der Waals surface area contributed by atoms with E-state index in [9.17, 15) is 0 Å². The summed E-state index contributed by atoms with van der Waals surface area (Å²) in [4.78, 5) is 2.27. The number of rotatable bonds is 4. The molecule has 0 fully saturated rings. The van der Waals surface area contributed by atoms with E-state index in [-0.39, 0.29) is 0 Å². The van der Waals surface area contributed by atoms with Crippen molar-refractivity contribution in [3.8, 4) is 0 Å². The molecule has 2 nitrogen and oxygen atoms in total. The summed E-state index contributed by atoms with van der Waals surface area (Å²) in [6.07, 6.45) is 3.10. The second-order valence-corrected chi connectivity index (χ2v) is 4.11. The van der Waals surface area contributed by atoms with Gasteiger partial charge in [-0.15, -0.1) is 6.58 Å². The fourth-order valence-corrected chi connectivity index (χ4v) is 2.12. The van der Waals surface area contributed by atoms with E-state index in [1.54, 1.807) is 0 Å². The van der Waals surface area contributed by atoms with Crippen molar-refractivity contribution >= 4 is 5.69 Å². The molecule has 2 rings (SSSR count). The Morgan fingerprint density at radius 1 is 1.53 bits per heavy atom. The van der Waals surface area contributed by atoms with Crippen LogP contribution in [0.15, 0.2) is 30.9 Å². The summed E-state index contributed by atoms with van der Waals surface area (Å²) in [5, 5.41) is 3.46. The number of fused-ring (bicyclic) bond motifs is 1. The van der Waals surface area contributed by atoms with Gasteiger partial charge in [0.05, 0.1) is 0 Å². The van der Waals surface area contributed by atoms with Crippen LogP contribution in [0, 0.1) is 0 Å². The lowest BCUT2D eigenvalue weighted by Crippen LogP contribution is -2.18. The van der Waals surface area contributed by atoms with Gasteiger partial charge in [0.25, 0.3) is 0 Å². The lowest BCUT2D eigenvalue weighted by atomic mass is 10.1. The number of likely N-dealkylation sites (N-methyl/N-ethyl adjacent to an activating group) is 1. The van der Waals surface area contributed by atoms with Crippen LogP contribution in [0.4, 0.5) is 5.69 Å². The molecule has 0 amide bonds. The lowest BCUT2D eigenvalue weighted by molar-refractivity contribution is 0.364. The minimum atomic E-state index is 0.934. The highest BCUT2D eigenvalue weighted by Crippen LogP contribution is 2.26. The molecule has 0 spiro atoms. The predicted molar refractivity (Wildman–Crippen MR) is 65.2 cm³/mol. The van der Waals surface area contributed by atoms with E-state index < -0.39 is 0 Å². The fourth-order valence-electron chi connectivity index (χ4n) is 2.12. The van der Waals surface area contributed by atoms with Crippen LogP contribution in [0.2, 0.25) is 0 Å². The molecule has 0 aromatic heterocycles. The van der Waals surface area contributed by atoms with Crippen LogP contribution < -0.4 is 5.32 Å². The summed E-state index contributed by atoms with van der Waals surface area (Å²) < 4.78 is 0. The normalized spacial score (nSPS) is 13.7. The van der Waals surface area contributed by atoms with E-state index in [2.05, 4.69) is 42.0 Å². The molecule has 0 atom stereocenters. The molecule has 1 aromatic rings. The summed E-state index contributed by atoms with van der Waals surface area (Å²) in [5.74, 6) is 0. The Hall–Kier alpha value is -1.28. The van der Waals surface area contributed by atoms with E-state index in [0.717, 1.165) is 26.1 Å². The minimum absolute atomic E-state index is 0.934. The highest BCUT2D eigenvalue weighted by molar-refractivity contribution is 5.61. The van der Waals surface area contributed by atoms with Gasteiger partial charge in [-0.3, -0.25) is 4.90 Å². The Morgan fingerprint density at radius 2 is 2.40 bits per heavy atom. The number of hydrogen-bond donors (Lipinski definition) is 1. The summed E-state index contributed by atoms with van der Waals surface area (Å²) >= 11 is 0. The third-order valence-electron chi connectivity index (χ3n) is 2.81. The summed E-state index contributed by atoms with van der Waals surface area (Å²) in [5.41, 5.74) is 4.21. The quantitative estimate of drug-likeness (QED) is 0.753. The molecule has 0 aliphatic carbocycles. The fraction of sp³-hybridized carbons (Fsp3) is 0.385. The van der Waals surface area contributed by atoms with E-state index in [1.807, 2.05) is 6.08 Å². The third kappa shape index (κ3) is 2.21. The van der Waals surface area contributed by atoms with Crippen molar-refractivity contribution in [3.05, 3.63) is 42.0 Å². The van der Waals surface area contributed by atoms with Gasteiger partial charge in [-0.05, 0) is 24.6 Å². The molecule has 0 saturated carbocycles. The van der Waals surface area contributed by atoms with E-state index in [1.165, 1.54) is 16.8 Å². The molecule has 1 N–H and O–H groups in total. The van der Waals surface area contributed by atoms with Gasteiger partial charge in [-0.1, -0.05) is 24.3 Å². The zero-order valence-electron chi connectivity index (χ0n) is 9.29. The predicted octanol–water partition coefficient (Wildman–Crippen LogP) is 2.27. The highest BCUT2D eigenvalue weighted by Gasteiger charge is 2.13. The average molecular weight is 202 g/mol. The minimum Gasteiger partial charge on any atom is -0.384 e. The Morgan fingerprint density at radius 3 is 3.20 bits per heavy atom. The Kier molecular flexibility index (Phi) is 3.07. The standard InChI is InChI=1S/C13H18N2/c1-3-9-15(2)10-12-6-4-5-11-7-8-14-13(11)12/h3-6,14H,1,7-10H2,2H3. The Bertz CT molecular complexity index is 358. The maximum Gasteiger partial charge on any atom is 0.0419 e. The Balaban J connectivity index is 2.15. The number of anilines is 1. The van der Waals surface area contributed by atoms with Crippen molar-refractivity contribution in [2.75, 3.05) is 25.5 Å². The molecule has 1 aliphatic rings. The van der Waals surface area contributed by atoms with Gasteiger partial charge in [-0.2, -0.15) is 0 Å². The van der Waals surface area contributed by atoms with Gasteiger partial charge >= 0.3 is 0 Å². The van der Waals surface area contributed by atoms with Crippen LogP contribution in [0.5, 0.6) is 0 Å². The molecule has 15 heavy (non-hydrogen) atoms. The van der Waals surface area contributed by atoms with Crippen LogP contribution in [-0.2, 0) is 13.0 Å². The lowest BCUT2D eigenvalue weighted by Gasteiger charge is -2.16. The molecule has 80 valence electrons. The van der Waals surface area contributed by atoms with Crippen LogP contribution in [-0.4, -0.2) is 25.0 Å².